The first kappa shape index (κ1) is 25.6. The lowest BCUT2D eigenvalue weighted by molar-refractivity contribution is 0.0289. The van der Waals surface area contributed by atoms with Gasteiger partial charge in [-0.25, -0.2) is 13.6 Å². The molecule has 1 fully saturated rings. The number of benzene rings is 2. The first-order chi connectivity index (χ1) is 15.5. The minimum atomic E-state index is -3.67. The minimum absolute atomic E-state index is 0.155. The van der Waals surface area contributed by atoms with Gasteiger partial charge in [0, 0.05) is 38.4 Å². The zero-order valence-electron chi connectivity index (χ0n) is 18.6. The number of fused-ring (bicyclic) bond motifs is 1. The molecule has 3 N–H and O–H groups in total. The predicted molar refractivity (Wildman–Crippen MR) is 127 cm³/mol. The van der Waals surface area contributed by atoms with E-state index in [-0.39, 0.29) is 11.0 Å². The number of piperazine rings is 1. The Balaban J connectivity index is 0.000000555. The number of hydrogen-bond donors (Lipinski definition) is 2. The Hall–Kier alpha value is -2.02. The van der Waals surface area contributed by atoms with Crippen LogP contribution in [0.15, 0.2) is 53.4 Å². The molecule has 2 aliphatic rings. The summed E-state index contributed by atoms with van der Waals surface area (Å²) < 4.78 is 54.7. The number of nitrogens with two attached hydrogens (primary N) is 1. The lowest BCUT2D eigenvalue weighted by Crippen LogP contribution is -2.47. The summed E-state index contributed by atoms with van der Waals surface area (Å²) in [4.78, 5) is 4.92. The first-order valence-corrected chi connectivity index (χ1v) is 14.1. The third kappa shape index (κ3) is 8.05. The molecule has 11 heteroatoms. The van der Waals surface area contributed by atoms with E-state index in [1.165, 1.54) is 11.1 Å². The van der Waals surface area contributed by atoms with E-state index in [1.807, 2.05) is 12.1 Å². The maximum Gasteiger partial charge on any atom is 0.261 e. The molecular formula is C22H31N3O6S2. The molecule has 0 spiro atoms. The molecule has 1 unspecified atom stereocenters. The summed E-state index contributed by atoms with van der Waals surface area (Å²) in [5, 5.41) is 5.17. The van der Waals surface area contributed by atoms with Crippen LogP contribution in [0.5, 0.6) is 0 Å². The largest absolute Gasteiger partial charge is 0.373 e. The van der Waals surface area contributed by atoms with Crippen molar-refractivity contribution < 1.29 is 26.1 Å². The molecule has 0 bridgehead atoms. The van der Waals surface area contributed by atoms with Crippen LogP contribution in [-0.2, 0) is 31.3 Å². The van der Waals surface area contributed by atoms with Crippen molar-refractivity contribution in [2.75, 3.05) is 50.5 Å². The number of primary sulfonamides is 1. The molecular weight excluding hydrogens is 466 g/mol. The Morgan fingerprint density at radius 2 is 1.61 bits per heavy atom. The molecule has 2 aromatic carbocycles. The average molecular weight is 498 g/mol. The third-order valence-corrected chi connectivity index (χ3v) is 6.63. The van der Waals surface area contributed by atoms with Gasteiger partial charge in [0.25, 0.3) is 10.1 Å². The lowest BCUT2D eigenvalue weighted by atomic mass is 9.95. The van der Waals surface area contributed by atoms with Gasteiger partial charge in [0.1, 0.15) is 0 Å². The van der Waals surface area contributed by atoms with E-state index in [0.29, 0.717) is 6.26 Å². The van der Waals surface area contributed by atoms with Crippen molar-refractivity contribution in [3.05, 3.63) is 59.7 Å². The molecule has 9 nitrogen and oxygen atoms in total. The van der Waals surface area contributed by atoms with Gasteiger partial charge in [0.15, 0.2) is 0 Å². The second kappa shape index (κ2) is 10.9. The highest BCUT2D eigenvalue weighted by Crippen LogP contribution is 2.29. The molecule has 2 aliphatic heterocycles. The number of hydrogen-bond acceptors (Lipinski definition) is 7. The molecule has 1 atom stereocenters. The van der Waals surface area contributed by atoms with Crippen LogP contribution in [0.1, 0.15) is 23.7 Å². The van der Waals surface area contributed by atoms with Crippen LogP contribution in [0.2, 0.25) is 0 Å². The van der Waals surface area contributed by atoms with Gasteiger partial charge in [0.05, 0.1) is 23.9 Å². The Labute approximate surface area is 195 Å². The number of sulfonamides is 1. The second-order valence-corrected chi connectivity index (χ2v) is 11.2. The first-order valence-electron chi connectivity index (χ1n) is 10.7. The molecule has 0 aliphatic carbocycles. The average Bonchev–Trinajstić information content (AvgIpc) is 2.76. The molecule has 182 valence electrons. The van der Waals surface area contributed by atoms with Crippen LogP contribution in [-0.4, -0.2) is 71.9 Å². The molecule has 1 saturated heterocycles. The molecule has 4 rings (SSSR count). The van der Waals surface area contributed by atoms with Crippen molar-refractivity contribution in [2.24, 2.45) is 5.14 Å². The Bertz CT molecular complexity index is 1120. The SMILES string of the molecule is CS(=O)(=O)O.NS(=O)(=O)c1ccc(N2CCN(CCC3OCCc4ccccc43)CC2)cc1. The van der Waals surface area contributed by atoms with E-state index < -0.39 is 20.1 Å². The van der Waals surface area contributed by atoms with E-state index in [4.69, 9.17) is 14.4 Å². The fourth-order valence-electron chi connectivity index (χ4n) is 4.09. The zero-order chi connectivity index (χ0) is 24.1. The molecule has 33 heavy (non-hydrogen) atoms. The summed E-state index contributed by atoms with van der Waals surface area (Å²) >= 11 is 0. The summed E-state index contributed by atoms with van der Waals surface area (Å²) in [6.07, 6.45) is 2.94. The number of rotatable bonds is 5. The summed E-state index contributed by atoms with van der Waals surface area (Å²) in [5.74, 6) is 0. The van der Waals surface area contributed by atoms with Crippen LogP contribution >= 0.6 is 0 Å². The topological polar surface area (TPSA) is 130 Å². The number of anilines is 1. The zero-order valence-corrected chi connectivity index (χ0v) is 20.3. The molecule has 0 amide bonds. The fourth-order valence-corrected chi connectivity index (χ4v) is 4.61. The quantitative estimate of drug-likeness (QED) is 0.597. The van der Waals surface area contributed by atoms with Gasteiger partial charge in [-0.3, -0.25) is 9.45 Å². The lowest BCUT2D eigenvalue weighted by Gasteiger charge is -2.37. The maximum absolute atomic E-state index is 11.4. The van der Waals surface area contributed by atoms with Gasteiger partial charge in [-0.05, 0) is 48.2 Å². The van der Waals surface area contributed by atoms with E-state index in [1.54, 1.807) is 12.1 Å². The van der Waals surface area contributed by atoms with E-state index in [9.17, 15) is 16.8 Å². The van der Waals surface area contributed by atoms with E-state index in [0.717, 1.165) is 57.9 Å². The van der Waals surface area contributed by atoms with Gasteiger partial charge in [0.2, 0.25) is 10.0 Å². The van der Waals surface area contributed by atoms with Crippen LogP contribution in [0, 0.1) is 0 Å². The molecule has 2 aromatic rings. The molecule has 2 heterocycles. The van der Waals surface area contributed by atoms with Crippen molar-refractivity contribution in [2.45, 2.75) is 23.8 Å². The molecule has 0 radical (unpaired) electrons. The standard InChI is InChI=1S/C21H27N3O3S.CH4O3S/c22-28(25,26)19-7-5-18(6-8-19)24-14-12-23(13-15-24)11-9-21-20-4-2-1-3-17(20)10-16-27-21;1-5(2,3)4/h1-8,21H,9-16H2,(H2,22,25,26);1H3,(H,2,3,4). The minimum Gasteiger partial charge on any atom is -0.373 e. The monoisotopic (exact) mass is 497 g/mol. The highest BCUT2D eigenvalue weighted by molar-refractivity contribution is 7.89. The third-order valence-electron chi connectivity index (χ3n) is 5.70. The Kier molecular flexibility index (Phi) is 8.48. The number of ether oxygens (including phenoxy) is 1. The van der Waals surface area contributed by atoms with Crippen molar-refractivity contribution in [1.29, 1.82) is 0 Å². The fraction of sp³-hybridized carbons (Fsp3) is 0.455. The highest BCUT2D eigenvalue weighted by atomic mass is 32.2. The van der Waals surface area contributed by atoms with Gasteiger partial charge < -0.3 is 9.64 Å². The van der Waals surface area contributed by atoms with E-state index in [2.05, 4.69) is 34.1 Å². The Morgan fingerprint density at radius 1 is 1.00 bits per heavy atom. The summed E-state index contributed by atoms with van der Waals surface area (Å²) in [6, 6.07) is 15.4. The summed E-state index contributed by atoms with van der Waals surface area (Å²) in [7, 11) is -7.30. The molecule has 0 aromatic heterocycles. The Morgan fingerprint density at radius 3 is 2.21 bits per heavy atom. The van der Waals surface area contributed by atoms with Gasteiger partial charge in [-0.2, -0.15) is 8.42 Å². The van der Waals surface area contributed by atoms with Gasteiger partial charge in [-0.1, -0.05) is 24.3 Å². The van der Waals surface area contributed by atoms with Crippen LogP contribution in [0.3, 0.4) is 0 Å². The van der Waals surface area contributed by atoms with Crippen molar-refractivity contribution in [1.82, 2.24) is 4.90 Å². The van der Waals surface area contributed by atoms with Crippen molar-refractivity contribution in [3.63, 3.8) is 0 Å². The molecule has 0 saturated carbocycles. The number of nitrogens with zero attached hydrogens (tertiary/aromatic N) is 2. The van der Waals surface area contributed by atoms with Crippen molar-refractivity contribution >= 4 is 25.8 Å². The van der Waals surface area contributed by atoms with Crippen LogP contribution in [0.25, 0.3) is 0 Å². The normalized spacial score (nSPS) is 19.4. The van der Waals surface area contributed by atoms with Crippen molar-refractivity contribution in [3.8, 4) is 0 Å². The summed E-state index contributed by atoms with van der Waals surface area (Å²) in [6.45, 7) is 5.67. The second-order valence-electron chi connectivity index (χ2n) is 8.20. The van der Waals surface area contributed by atoms with Gasteiger partial charge >= 0.3 is 0 Å². The highest BCUT2D eigenvalue weighted by Gasteiger charge is 2.23. The smallest absolute Gasteiger partial charge is 0.261 e. The van der Waals surface area contributed by atoms with Gasteiger partial charge in [-0.15, -0.1) is 0 Å². The van der Waals surface area contributed by atoms with Crippen LogP contribution < -0.4 is 10.0 Å². The van der Waals surface area contributed by atoms with Crippen LogP contribution in [0.4, 0.5) is 5.69 Å². The maximum atomic E-state index is 11.4. The summed E-state index contributed by atoms with van der Waals surface area (Å²) in [5.41, 5.74) is 3.81. The van der Waals surface area contributed by atoms with E-state index >= 15 is 0 Å². The predicted octanol–water partition coefficient (Wildman–Crippen LogP) is 1.66.